The summed E-state index contributed by atoms with van der Waals surface area (Å²) in [6.45, 7) is 5.91. The lowest BCUT2D eigenvalue weighted by Crippen LogP contribution is -2.21. The fourth-order valence-corrected chi connectivity index (χ4v) is 2.82. The summed E-state index contributed by atoms with van der Waals surface area (Å²) >= 11 is 0. The third-order valence-corrected chi connectivity index (χ3v) is 4.22. The van der Waals surface area contributed by atoms with E-state index in [1.54, 1.807) is 19.1 Å². The maximum absolute atomic E-state index is 11.8. The molecule has 1 aromatic heterocycles. The van der Waals surface area contributed by atoms with Crippen LogP contribution in [0.25, 0.3) is 11.0 Å². The second-order valence-corrected chi connectivity index (χ2v) is 6.11. The molecule has 0 unspecified atom stereocenters. The summed E-state index contributed by atoms with van der Waals surface area (Å²) in [4.78, 5) is 11.8. The zero-order valence-electron chi connectivity index (χ0n) is 15.5. The van der Waals surface area contributed by atoms with Crippen LogP contribution in [0.2, 0.25) is 0 Å². The summed E-state index contributed by atoms with van der Waals surface area (Å²) in [5, 5.41) is 13.9. The van der Waals surface area contributed by atoms with Crippen LogP contribution in [0.15, 0.2) is 51.7 Å². The lowest BCUT2D eigenvalue weighted by atomic mass is 10.1. The monoisotopic (exact) mass is 369 g/mol. The fourth-order valence-electron chi connectivity index (χ4n) is 2.82. The SMILES string of the molecule is CCOc1ccc(OCCNCc2cc(=O)oc3c(C)c(O)ccc23)cc1. The van der Waals surface area contributed by atoms with Crippen LogP contribution in [-0.2, 0) is 6.54 Å². The molecule has 3 aromatic rings. The van der Waals surface area contributed by atoms with Crippen molar-refractivity contribution in [3.05, 3.63) is 64.0 Å². The van der Waals surface area contributed by atoms with Gasteiger partial charge in [-0.05, 0) is 55.8 Å². The normalized spacial score (nSPS) is 10.9. The molecule has 142 valence electrons. The van der Waals surface area contributed by atoms with Crippen molar-refractivity contribution in [2.24, 2.45) is 0 Å². The first-order valence-corrected chi connectivity index (χ1v) is 8.90. The van der Waals surface area contributed by atoms with Gasteiger partial charge in [0.2, 0.25) is 0 Å². The number of nitrogens with one attached hydrogen (secondary N) is 1. The van der Waals surface area contributed by atoms with Crippen molar-refractivity contribution in [1.29, 1.82) is 0 Å². The van der Waals surface area contributed by atoms with Gasteiger partial charge in [-0.15, -0.1) is 0 Å². The van der Waals surface area contributed by atoms with Gasteiger partial charge in [0.05, 0.1) is 6.61 Å². The van der Waals surface area contributed by atoms with Gasteiger partial charge >= 0.3 is 5.63 Å². The van der Waals surface area contributed by atoms with Gasteiger partial charge in [0.25, 0.3) is 0 Å². The van der Waals surface area contributed by atoms with E-state index >= 15 is 0 Å². The minimum Gasteiger partial charge on any atom is -0.508 e. The van der Waals surface area contributed by atoms with Gasteiger partial charge < -0.3 is 24.3 Å². The quantitative estimate of drug-likeness (QED) is 0.468. The van der Waals surface area contributed by atoms with Crippen LogP contribution in [0, 0.1) is 6.92 Å². The van der Waals surface area contributed by atoms with Crippen LogP contribution in [-0.4, -0.2) is 24.9 Å². The molecule has 0 aliphatic heterocycles. The number of hydrogen-bond acceptors (Lipinski definition) is 6. The molecule has 6 heteroatoms. The number of benzene rings is 2. The third kappa shape index (κ3) is 4.60. The van der Waals surface area contributed by atoms with Crippen LogP contribution in [0.5, 0.6) is 17.2 Å². The topological polar surface area (TPSA) is 80.9 Å². The van der Waals surface area contributed by atoms with Gasteiger partial charge in [-0.2, -0.15) is 0 Å². The Hall–Kier alpha value is -2.99. The molecule has 0 spiro atoms. The van der Waals surface area contributed by atoms with Crippen LogP contribution >= 0.6 is 0 Å². The van der Waals surface area contributed by atoms with E-state index in [2.05, 4.69) is 5.32 Å². The largest absolute Gasteiger partial charge is 0.508 e. The molecule has 27 heavy (non-hydrogen) atoms. The molecule has 0 amide bonds. The first-order valence-electron chi connectivity index (χ1n) is 8.90. The van der Waals surface area contributed by atoms with Crippen molar-refractivity contribution < 1.29 is 19.0 Å². The molecule has 0 fully saturated rings. The Bertz CT molecular complexity index is 963. The number of phenolic OH excluding ortho intramolecular Hbond substituents is 1. The second kappa shape index (κ2) is 8.60. The van der Waals surface area contributed by atoms with Crippen molar-refractivity contribution in [2.75, 3.05) is 19.8 Å². The summed E-state index contributed by atoms with van der Waals surface area (Å²) in [6.07, 6.45) is 0. The van der Waals surface area contributed by atoms with Gasteiger partial charge in [0.15, 0.2) is 0 Å². The molecule has 3 rings (SSSR count). The smallest absolute Gasteiger partial charge is 0.336 e. The first kappa shape index (κ1) is 18.8. The number of fused-ring (bicyclic) bond motifs is 1. The van der Waals surface area contributed by atoms with E-state index in [9.17, 15) is 9.90 Å². The highest BCUT2D eigenvalue weighted by atomic mass is 16.5. The van der Waals surface area contributed by atoms with Crippen molar-refractivity contribution in [3.8, 4) is 17.2 Å². The summed E-state index contributed by atoms with van der Waals surface area (Å²) in [5.74, 6) is 1.70. The van der Waals surface area contributed by atoms with Gasteiger partial charge in [0.1, 0.15) is 29.4 Å². The minimum absolute atomic E-state index is 0.111. The number of ether oxygens (including phenoxy) is 2. The van der Waals surface area contributed by atoms with Crippen molar-refractivity contribution in [2.45, 2.75) is 20.4 Å². The van der Waals surface area contributed by atoms with Crippen molar-refractivity contribution >= 4 is 11.0 Å². The van der Waals surface area contributed by atoms with Gasteiger partial charge in [-0.25, -0.2) is 4.79 Å². The lowest BCUT2D eigenvalue weighted by molar-refractivity contribution is 0.311. The molecule has 0 saturated heterocycles. The number of aryl methyl sites for hydroxylation is 1. The predicted molar refractivity (Wildman–Crippen MR) is 104 cm³/mol. The van der Waals surface area contributed by atoms with E-state index in [4.69, 9.17) is 13.9 Å². The fraction of sp³-hybridized carbons (Fsp3) is 0.286. The molecule has 2 N–H and O–H groups in total. The van der Waals surface area contributed by atoms with Crippen LogP contribution in [0.3, 0.4) is 0 Å². The molecule has 0 aliphatic rings. The second-order valence-electron chi connectivity index (χ2n) is 6.11. The average molecular weight is 369 g/mol. The molecule has 0 aliphatic carbocycles. The minimum atomic E-state index is -0.432. The number of phenols is 1. The summed E-state index contributed by atoms with van der Waals surface area (Å²) < 4.78 is 16.3. The van der Waals surface area contributed by atoms with Crippen LogP contribution in [0.1, 0.15) is 18.1 Å². The van der Waals surface area contributed by atoms with E-state index in [-0.39, 0.29) is 5.75 Å². The Labute approximate surface area is 157 Å². The van der Waals surface area contributed by atoms with E-state index in [0.717, 1.165) is 22.4 Å². The van der Waals surface area contributed by atoms with Gasteiger partial charge in [0, 0.05) is 30.1 Å². The van der Waals surface area contributed by atoms with Gasteiger partial charge in [-0.1, -0.05) is 0 Å². The van der Waals surface area contributed by atoms with Crippen molar-refractivity contribution in [1.82, 2.24) is 5.32 Å². The molecule has 1 heterocycles. The van der Waals surface area contributed by atoms with Gasteiger partial charge in [-0.3, -0.25) is 0 Å². The Balaban J connectivity index is 1.56. The zero-order chi connectivity index (χ0) is 19.2. The highest BCUT2D eigenvalue weighted by Gasteiger charge is 2.10. The first-order chi connectivity index (χ1) is 13.1. The third-order valence-electron chi connectivity index (χ3n) is 4.22. The van der Waals surface area contributed by atoms with Crippen molar-refractivity contribution in [3.63, 3.8) is 0 Å². The molecule has 0 saturated carbocycles. The number of rotatable bonds is 8. The van der Waals surface area contributed by atoms with E-state index in [1.807, 2.05) is 31.2 Å². The maximum Gasteiger partial charge on any atom is 0.336 e. The Morgan fingerprint density at radius 2 is 1.78 bits per heavy atom. The number of hydrogen-bond donors (Lipinski definition) is 2. The van der Waals surface area contributed by atoms with Crippen LogP contribution in [0.4, 0.5) is 0 Å². The molecular formula is C21H23NO5. The standard InChI is InChI=1S/C21H23NO5/c1-3-25-16-4-6-17(7-5-16)26-11-10-22-13-15-12-20(24)27-21-14(2)19(23)9-8-18(15)21/h4-9,12,22-23H,3,10-11,13H2,1-2H3. The maximum atomic E-state index is 11.8. The lowest BCUT2D eigenvalue weighted by Gasteiger charge is -2.10. The van der Waals surface area contributed by atoms with E-state index in [1.165, 1.54) is 6.07 Å². The Kier molecular flexibility index (Phi) is 5.98. The Morgan fingerprint density at radius 1 is 1.07 bits per heavy atom. The van der Waals surface area contributed by atoms with E-state index in [0.29, 0.717) is 37.4 Å². The molecule has 6 nitrogen and oxygen atoms in total. The summed E-state index contributed by atoms with van der Waals surface area (Å²) in [5.41, 5.74) is 1.37. The number of aromatic hydroxyl groups is 1. The summed E-state index contributed by atoms with van der Waals surface area (Å²) in [6, 6.07) is 12.3. The summed E-state index contributed by atoms with van der Waals surface area (Å²) in [7, 11) is 0. The Morgan fingerprint density at radius 3 is 2.48 bits per heavy atom. The molecule has 0 radical (unpaired) electrons. The molecule has 0 bridgehead atoms. The van der Waals surface area contributed by atoms with Crippen LogP contribution < -0.4 is 20.4 Å². The zero-order valence-corrected chi connectivity index (χ0v) is 15.5. The molecule has 2 aromatic carbocycles. The average Bonchev–Trinajstić information content (AvgIpc) is 2.66. The molecular weight excluding hydrogens is 346 g/mol. The predicted octanol–water partition coefficient (Wildman–Crippen LogP) is 3.37. The molecule has 0 atom stereocenters. The highest BCUT2D eigenvalue weighted by Crippen LogP contribution is 2.27. The highest BCUT2D eigenvalue weighted by molar-refractivity contribution is 5.84. The van der Waals surface area contributed by atoms with E-state index < -0.39 is 5.63 Å².